The van der Waals surface area contributed by atoms with Crippen molar-refractivity contribution in [2.24, 2.45) is 0 Å². The van der Waals surface area contributed by atoms with Crippen LogP contribution in [0.5, 0.6) is 0 Å². The highest BCUT2D eigenvalue weighted by atomic mass is 32.1. The normalized spacial score (nSPS) is 11.8. The van der Waals surface area contributed by atoms with Crippen molar-refractivity contribution < 1.29 is 0 Å². The molecular formula is C60H39N3S. The van der Waals surface area contributed by atoms with Crippen molar-refractivity contribution in [3.8, 4) is 33.6 Å². The van der Waals surface area contributed by atoms with Gasteiger partial charge in [0.1, 0.15) is 0 Å². The third kappa shape index (κ3) is 5.73. The van der Waals surface area contributed by atoms with E-state index in [9.17, 15) is 0 Å². The van der Waals surface area contributed by atoms with E-state index in [2.05, 4.69) is 251 Å². The number of benzene rings is 10. The van der Waals surface area contributed by atoms with Gasteiger partial charge in [0.05, 0.1) is 39.1 Å². The number of nitrogens with zero attached hydrogens (tertiary/aromatic N) is 3. The first-order valence-corrected chi connectivity index (χ1v) is 22.7. The van der Waals surface area contributed by atoms with Crippen LogP contribution in [0.25, 0.3) is 97.4 Å². The van der Waals surface area contributed by atoms with Crippen LogP contribution in [0.15, 0.2) is 237 Å². The van der Waals surface area contributed by atoms with Crippen molar-refractivity contribution in [1.29, 1.82) is 0 Å². The molecule has 0 bridgehead atoms. The Hall–Kier alpha value is -8.18. The summed E-state index contributed by atoms with van der Waals surface area (Å²) in [6.07, 6.45) is 0. The molecule has 10 aromatic carbocycles. The minimum Gasteiger partial charge on any atom is -0.310 e. The predicted octanol–water partition coefficient (Wildman–Crippen LogP) is 17.1. The van der Waals surface area contributed by atoms with Crippen LogP contribution in [0.4, 0.5) is 17.1 Å². The quantitative estimate of drug-likeness (QED) is 0.156. The van der Waals surface area contributed by atoms with Crippen LogP contribution in [0.2, 0.25) is 0 Å². The molecule has 3 heterocycles. The summed E-state index contributed by atoms with van der Waals surface area (Å²) in [5.74, 6) is 0. The summed E-state index contributed by atoms with van der Waals surface area (Å²) < 4.78 is 7.51. The summed E-state index contributed by atoms with van der Waals surface area (Å²) in [5.41, 5.74) is 14.8. The van der Waals surface area contributed by atoms with E-state index in [1.807, 2.05) is 11.3 Å². The average molecular weight is 834 g/mol. The van der Waals surface area contributed by atoms with Crippen molar-refractivity contribution in [1.82, 2.24) is 9.13 Å². The number of anilines is 3. The van der Waals surface area contributed by atoms with Gasteiger partial charge in [-0.25, -0.2) is 0 Å². The van der Waals surface area contributed by atoms with E-state index in [1.165, 1.54) is 69.4 Å². The van der Waals surface area contributed by atoms with Crippen LogP contribution in [0.1, 0.15) is 0 Å². The van der Waals surface area contributed by atoms with Crippen LogP contribution in [0, 0.1) is 0 Å². The highest BCUT2D eigenvalue weighted by molar-refractivity contribution is 7.25. The molecule has 0 aliphatic heterocycles. The van der Waals surface area contributed by atoms with Gasteiger partial charge in [0, 0.05) is 58.7 Å². The van der Waals surface area contributed by atoms with Crippen molar-refractivity contribution in [2.75, 3.05) is 4.90 Å². The van der Waals surface area contributed by atoms with Gasteiger partial charge >= 0.3 is 0 Å². The lowest BCUT2D eigenvalue weighted by molar-refractivity contribution is 1.16. The summed E-state index contributed by atoms with van der Waals surface area (Å²) >= 11 is 1.86. The minimum atomic E-state index is 1.06. The fourth-order valence-corrected chi connectivity index (χ4v) is 11.2. The zero-order valence-corrected chi connectivity index (χ0v) is 35.6. The van der Waals surface area contributed by atoms with Gasteiger partial charge in [-0.1, -0.05) is 164 Å². The zero-order chi connectivity index (χ0) is 42.1. The van der Waals surface area contributed by atoms with E-state index in [4.69, 9.17) is 0 Å². The molecule has 3 nitrogen and oxygen atoms in total. The van der Waals surface area contributed by atoms with Crippen molar-refractivity contribution in [3.63, 3.8) is 0 Å². The second-order valence-corrected chi connectivity index (χ2v) is 17.6. The Kier molecular flexibility index (Phi) is 8.40. The number of para-hydroxylation sites is 4. The Bertz CT molecular complexity index is 3840. The van der Waals surface area contributed by atoms with Crippen molar-refractivity contribution in [3.05, 3.63) is 237 Å². The largest absolute Gasteiger partial charge is 0.310 e. The minimum absolute atomic E-state index is 1.06. The van der Waals surface area contributed by atoms with Crippen LogP contribution in [-0.4, -0.2) is 9.13 Å². The Morgan fingerprint density at radius 2 is 0.891 bits per heavy atom. The molecule has 0 N–H and O–H groups in total. The number of fused-ring (bicyclic) bond motifs is 9. The maximum absolute atomic E-state index is 2.50. The third-order valence-electron chi connectivity index (χ3n) is 12.9. The van der Waals surface area contributed by atoms with Gasteiger partial charge in [-0.15, -0.1) is 11.3 Å². The summed E-state index contributed by atoms with van der Waals surface area (Å²) in [6.45, 7) is 0. The van der Waals surface area contributed by atoms with Gasteiger partial charge in [0.2, 0.25) is 0 Å². The number of hydrogen-bond donors (Lipinski definition) is 0. The molecule has 0 aliphatic rings. The summed E-state index contributed by atoms with van der Waals surface area (Å²) in [5, 5.41) is 7.45. The first-order valence-electron chi connectivity index (χ1n) is 21.8. The van der Waals surface area contributed by atoms with Crippen molar-refractivity contribution >= 4 is 92.2 Å². The average Bonchev–Trinajstić information content (AvgIpc) is 4.02. The standard InChI is InChI=1S/C60H39N3S/c1-4-18-40(19-5-1)42-32-35-55(51(36-42)41-20-6-2-7-21-41)61(44-33-34-49-48-26-13-17-31-58(48)64-59(49)39-44)45-37-56-60(50-27-12-16-30-54(50)62(56)43-22-8-3-9-23-43)57(38-45)63-52-28-14-10-24-46(52)47-25-11-15-29-53(47)63/h1-39H. The lowest BCUT2D eigenvalue weighted by Crippen LogP contribution is -2.12. The zero-order valence-electron chi connectivity index (χ0n) is 34.8. The van der Waals surface area contributed by atoms with Gasteiger partial charge in [0.15, 0.2) is 0 Å². The predicted molar refractivity (Wildman–Crippen MR) is 274 cm³/mol. The molecule has 13 rings (SSSR count). The maximum atomic E-state index is 2.50. The molecule has 300 valence electrons. The molecule has 0 fully saturated rings. The molecule has 0 unspecified atom stereocenters. The van der Waals surface area contributed by atoms with E-state index in [0.29, 0.717) is 0 Å². The first kappa shape index (κ1) is 36.5. The number of thiophene rings is 1. The Morgan fingerprint density at radius 3 is 1.59 bits per heavy atom. The number of aromatic nitrogens is 2. The van der Waals surface area contributed by atoms with E-state index >= 15 is 0 Å². The van der Waals surface area contributed by atoms with Crippen LogP contribution >= 0.6 is 11.3 Å². The van der Waals surface area contributed by atoms with E-state index in [-0.39, 0.29) is 0 Å². The van der Waals surface area contributed by atoms with Crippen LogP contribution in [0.3, 0.4) is 0 Å². The Balaban J connectivity index is 1.19. The molecule has 0 saturated carbocycles. The molecule has 0 radical (unpaired) electrons. The van der Waals surface area contributed by atoms with Crippen LogP contribution < -0.4 is 4.90 Å². The van der Waals surface area contributed by atoms with Gasteiger partial charge < -0.3 is 14.0 Å². The first-order chi connectivity index (χ1) is 31.8. The second kappa shape index (κ2) is 14.7. The molecule has 0 spiro atoms. The molecule has 3 aromatic heterocycles. The van der Waals surface area contributed by atoms with Gasteiger partial charge in [0.25, 0.3) is 0 Å². The van der Waals surface area contributed by atoms with Gasteiger partial charge in [-0.3, -0.25) is 0 Å². The van der Waals surface area contributed by atoms with E-state index in [1.54, 1.807) is 0 Å². The highest BCUT2D eigenvalue weighted by Crippen LogP contribution is 2.48. The van der Waals surface area contributed by atoms with Gasteiger partial charge in [-0.05, 0) is 89.5 Å². The number of rotatable bonds is 7. The molecule has 4 heteroatoms. The van der Waals surface area contributed by atoms with E-state index in [0.717, 1.165) is 45.1 Å². The summed E-state index contributed by atoms with van der Waals surface area (Å²) in [6, 6.07) is 86.7. The molecule has 0 aliphatic carbocycles. The van der Waals surface area contributed by atoms with Crippen LogP contribution in [-0.2, 0) is 0 Å². The lowest BCUT2D eigenvalue weighted by atomic mass is 9.96. The maximum Gasteiger partial charge on any atom is 0.0583 e. The Morgan fingerprint density at radius 1 is 0.328 bits per heavy atom. The molecule has 13 aromatic rings. The second-order valence-electron chi connectivity index (χ2n) is 16.5. The highest BCUT2D eigenvalue weighted by Gasteiger charge is 2.25. The monoisotopic (exact) mass is 833 g/mol. The summed E-state index contributed by atoms with van der Waals surface area (Å²) in [4.78, 5) is 2.50. The fourth-order valence-electron chi connectivity index (χ4n) is 10.1. The molecular weight excluding hydrogens is 795 g/mol. The van der Waals surface area contributed by atoms with Crippen molar-refractivity contribution in [2.45, 2.75) is 0 Å². The fraction of sp³-hybridized carbons (Fsp3) is 0. The third-order valence-corrected chi connectivity index (χ3v) is 14.0. The number of hydrogen-bond acceptors (Lipinski definition) is 2. The Labute approximate surface area is 374 Å². The smallest absolute Gasteiger partial charge is 0.0583 e. The molecule has 0 saturated heterocycles. The lowest BCUT2D eigenvalue weighted by Gasteiger charge is -2.29. The molecule has 64 heavy (non-hydrogen) atoms. The molecule has 0 amide bonds. The SMILES string of the molecule is c1ccc(-c2ccc(N(c3ccc4c(c3)sc3ccccc34)c3cc(-n4c5ccccc5c5ccccc54)c4c5ccccc5n(-c5ccccc5)c4c3)c(-c3ccccc3)c2)cc1. The van der Waals surface area contributed by atoms with E-state index < -0.39 is 0 Å². The summed E-state index contributed by atoms with van der Waals surface area (Å²) in [7, 11) is 0. The van der Waals surface area contributed by atoms with Gasteiger partial charge in [-0.2, -0.15) is 0 Å². The molecule has 0 atom stereocenters. The topological polar surface area (TPSA) is 13.1 Å².